The summed E-state index contributed by atoms with van der Waals surface area (Å²) < 4.78 is 12.5. The van der Waals surface area contributed by atoms with Crippen molar-refractivity contribution in [2.75, 3.05) is 19.0 Å². The number of methoxy groups -OCH3 is 1. The smallest absolute Gasteiger partial charge is 0.360 e. The van der Waals surface area contributed by atoms with E-state index in [1.807, 2.05) is 12.1 Å². The molecule has 2 aromatic rings. The van der Waals surface area contributed by atoms with Crippen LogP contribution in [0.3, 0.4) is 0 Å². The van der Waals surface area contributed by atoms with Gasteiger partial charge in [0.25, 0.3) is 5.91 Å². The van der Waals surface area contributed by atoms with E-state index in [1.165, 1.54) is 11.8 Å². The molecule has 1 aromatic heterocycles. The van der Waals surface area contributed by atoms with Crippen LogP contribution in [0, 0.1) is 6.92 Å². The van der Waals surface area contributed by atoms with E-state index in [-0.39, 0.29) is 12.3 Å². The number of carbonyl (C=O) groups excluding carboxylic acids is 2. The van der Waals surface area contributed by atoms with Gasteiger partial charge in [0, 0.05) is 11.5 Å². The first-order valence-electron chi connectivity index (χ1n) is 6.72. The molecule has 0 aliphatic rings. The number of nitrogens with zero attached hydrogens (tertiary/aromatic N) is 2. The van der Waals surface area contributed by atoms with Gasteiger partial charge in [-0.15, -0.1) is 0 Å². The van der Waals surface area contributed by atoms with Crippen LogP contribution >= 0.6 is 15.9 Å². The zero-order valence-electron chi connectivity index (χ0n) is 12.9. The zero-order chi connectivity index (χ0) is 17.0. The molecular formula is C15H16BrN3O4. The standard InChI is InChI=1S/C15H16BrN3O4/c1-9-13(14(15(21)22-3)18-19(9)2)17-12(20)8-23-11-6-4-10(16)5-7-11/h4-7H,8H2,1-3H3,(H,17,20). The van der Waals surface area contributed by atoms with E-state index in [1.54, 1.807) is 26.1 Å². The van der Waals surface area contributed by atoms with Crippen LogP contribution < -0.4 is 10.1 Å². The number of anilines is 1. The lowest BCUT2D eigenvalue weighted by Gasteiger charge is -2.08. The normalized spacial score (nSPS) is 10.3. The minimum absolute atomic E-state index is 0.0597. The molecule has 0 spiro atoms. The number of halogens is 1. The van der Waals surface area contributed by atoms with Gasteiger partial charge in [-0.1, -0.05) is 15.9 Å². The number of ether oxygens (including phenoxy) is 2. The molecule has 0 saturated heterocycles. The van der Waals surface area contributed by atoms with E-state index >= 15 is 0 Å². The number of aryl methyl sites for hydroxylation is 1. The molecule has 2 rings (SSSR count). The van der Waals surface area contributed by atoms with Crippen LogP contribution in [0.1, 0.15) is 16.2 Å². The fourth-order valence-corrected chi connectivity index (χ4v) is 2.12. The van der Waals surface area contributed by atoms with Gasteiger partial charge in [0.2, 0.25) is 0 Å². The molecule has 122 valence electrons. The van der Waals surface area contributed by atoms with Gasteiger partial charge >= 0.3 is 5.97 Å². The van der Waals surface area contributed by atoms with Crippen molar-refractivity contribution in [2.24, 2.45) is 7.05 Å². The quantitative estimate of drug-likeness (QED) is 0.803. The number of amides is 1. The highest BCUT2D eigenvalue weighted by atomic mass is 79.9. The van der Waals surface area contributed by atoms with Gasteiger partial charge in [0.05, 0.1) is 18.5 Å². The Morgan fingerprint density at radius 3 is 2.57 bits per heavy atom. The van der Waals surface area contributed by atoms with Crippen molar-refractivity contribution >= 4 is 33.5 Å². The third-order valence-corrected chi connectivity index (χ3v) is 3.69. The van der Waals surface area contributed by atoms with E-state index in [4.69, 9.17) is 4.74 Å². The Kier molecular flexibility index (Phi) is 5.38. The largest absolute Gasteiger partial charge is 0.484 e. The summed E-state index contributed by atoms with van der Waals surface area (Å²) in [6.45, 7) is 1.56. The summed E-state index contributed by atoms with van der Waals surface area (Å²) in [5.41, 5.74) is 1.02. The summed E-state index contributed by atoms with van der Waals surface area (Å²) in [6, 6.07) is 7.11. The Labute approximate surface area is 141 Å². The first kappa shape index (κ1) is 17.0. The Bertz CT molecular complexity index is 725. The number of benzene rings is 1. The number of nitrogens with one attached hydrogen (secondary N) is 1. The van der Waals surface area contributed by atoms with Crippen molar-refractivity contribution in [2.45, 2.75) is 6.92 Å². The number of carbonyl (C=O) groups is 2. The maximum Gasteiger partial charge on any atom is 0.360 e. The predicted molar refractivity (Wildman–Crippen MR) is 87.6 cm³/mol. The monoisotopic (exact) mass is 381 g/mol. The van der Waals surface area contributed by atoms with Crippen LogP contribution in [0.2, 0.25) is 0 Å². The molecule has 0 bridgehead atoms. The number of hydrogen-bond donors (Lipinski definition) is 1. The van der Waals surface area contributed by atoms with Crippen molar-refractivity contribution in [3.05, 3.63) is 40.1 Å². The van der Waals surface area contributed by atoms with Gasteiger partial charge in [-0.25, -0.2) is 4.79 Å². The van der Waals surface area contributed by atoms with E-state index < -0.39 is 11.9 Å². The fraction of sp³-hybridized carbons (Fsp3) is 0.267. The van der Waals surface area contributed by atoms with Crippen molar-refractivity contribution < 1.29 is 19.1 Å². The SMILES string of the molecule is COC(=O)c1nn(C)c(C)c1NC(=O)COc1ccc(Br)cc1. The summed E-state index contributed by atoms with van der Waals surface area (Å²) in [7, 11) is 2.93. The Balaban J connectivity index is 2.05. The molecular weight excluding hydrogens is 366 g/mol. The Morgan fingerprint density at radius 1 is 1.30 bits per heavy atom. The number of aromatic nitrogens is 2. The van der Waals surface area contributed by atoms with E-state index in [9.17, 15) is 9.59 Å². The molecule has 0 radical (unpaired) electrons. The van der Waals surface area contributed by atoms with Crippen LogP contribution in [0.5, 0.6) is 5.75 Å². The van der Waals surface area contributed by atoms with Crippen molar-refractivity contribution in [3.63, 3.8) is 0 Å². The molecule has 0 fully saturated rings. The molecule has 23 heavy (non-hydrogen) atoms. The molecule has 0 unspecified atom stereocenters. The fourth-order valence-electron chi connectivity index (χ4n) is 1.85. The minimum atomic E-state index is -0.613. The summed E-state index contributed by atoms with van der Waals surface area (Å²) in [6.07, 6.45) is 0. The molecule has 1 amide bonds. The summed E-state index contributed by atoms with van der Waals surface area (Å²) in [5, 5.41) is 6.68. The Morgan fingerprint density at radius 2 is 1.96 bits per heavy atom. The third kappa shape index (κ3) is 4.10. The molecule has 0 aliphatic carbocycles. The molecule has 0 atom stereocenters. The predicted octanol–water partition coefficient (Wildman–Crippen LogP) is 2.30. The molecule has 1 aromatic carbocycles. The summed E-state index contributed by atoms with van der Waals surface area (Å²) >= 11 is 3.32. The lowest BCUT2D eigenvalue weighted by atomic mass is 10.3. The second kappa shape index (κ2) is 7.28. The molecule has 0 saturated carbocycles. The molecule has 1 heterocycles. The van der Waals surface area contributed by atoms with Crippen LogP contribution in [-0.2, 0) is 16.6 Å². The lowest BCUT2D eigenvalue weighted by molar-refractivity contribution is -0.118. The number of esters is 1. The molecule has 7 nitrogen and oxygen atoms in total. The van der Waals surface area contributed by atoms with Gasteiger partial charge in [0.1, 0.15) is 5.75 Å². The van der Waals surface area contributed by atoms with Gasteiger partial charge in [-0.2, -0.15) is 5.10 Å². The zero-order valence-corrected chi connectivity index (χ0v) is 14.5. The molecule has 0 aliphatic heterocycles. The second-order valence-electron chi connectivity index (χ2n) is 4.71. The Hall–Kier alpha value is -2.35. The molecule has 8 heteroatoms. The number of rotatable bonds is 5. The highest BCUT2D eigenvalue weighted by molar-refractivity contribution is 9.10. The first-order valence-corrected chi connectivity index (χ1v) is 7.51. The van der Waals surface area contributed by atoms with Crippen molar-refractivity contribution in [1.82, 2.24) is 9.78 Å². The highest BCUT2D eigenvalue weighted by Crippen LogP contribution is 2.20. The maximum absolute atomic E-state index is 12.0. The van der Waals surface area contributed by atoms with Crippen LogP contribution in [-0.4, -0.2) is 35.4 Å². The molecule has 1 N–H and O–H groups in total. The van der Waals surface area contributed by atoms with Crippen LogP contribution in [0.4, 0.5) is 5.69 Å². The van der Waals surface area contributed by atoms with Crippen molar-refractivity contribution in [1.29, 1.82) is 0 Å². The van der Waals surface area contributed by atoms with Gasteiger partial charge in [0.15, 0.2) is 12.3 Å². The van der Waals surface area contributed by atoms with E-state index in [0.29, 0.717) is 17.1 Å². The summed E-state index contributed by atoms with van der Waals surface area (Å²) in [5.74, 6) is -0.438. The minimum Gasteiger partial charge on any atom is -0.484 e. The van der Waals surface area contributed by atoms with Gasteiger partial charge in [-0.3, -0.25) is 9.48 Å². The lowest BCUT2D eigenvalue weighted by Crippen LogP contribution is -2.21. The average molecular weight is 382 g/mol. The third-order valence-electron chi connectivity index (χ3n) is 3.16. The van der Waals surface area contributed by atoms with Gasteiger partial charge < -0.3 is 14.8 Å². The van der Waals surface area contributed by atoms with Gasteiger partial charge in [-0.05, 0) is 31.2 Å². The van der Waals surface area contributed by atoms with Crippen LogP contribution in [0.25, 0.3) is 0 Å². The maximum atomic E-state index is 12.0. The topological polar surface area (TPSA) is 82.5 Å². The second-order valence-corrected chi connectivity index (χ2v) is 5.63. The first-order chi connectivity index (χ1) is 10.9. The van der Waals surface area contributed by atoms with E-state index in [2.05, 4.69) is 31.1 Å². The van der Waals surface area contributed by atoms with Crippen LogP contribution in [0.15, 0.2) is 28.7 Å². The average Bonchev–Trinajstić information content (AvgIpc) is 2.82. The van der Waals surface area contributed by atoms with Crippen molar-refractivity contribution in [3.8, 4) is 5.75 Å². The highest BCUT2D eigenvalue weighted by Gasteiger charge is 2.22. The van der Waals surface area contributed by atoms with E-state index in [0.717, 1.165) is 4.47 Å². The summed E-state index contributed by atoms with van der Waals surface area (Å²) in [4.78, 5) is 23.8. The number of hydrogen-bond acceptors (Lipinski definition) is 5.